The summed E-state index contributed by atoms with van der Waals surface area (Å²) in [4.78, 5) is 10.8. The van der Waals surface area contributed by atoms with Gasteiger partial charge < -0.3 is 4.74 Å². The van der Waals surface area contributed by atoms with Crippen molar-refractivity contribution in [1.29, 1.82) is 0 Å². The monoisotopic (exact) mass is 192 g/mol. The normalized spacial score (nSPS) is 10.4. The van der Waals surface area contributed by atoms with Gasteiger partial charge in [0.2, 0.25) is 0 Å². The van der Waals surface area contributed by atoms with Crippen molar-refractivity contribution < 1.29 is 9.53 Å². The summed E-state index contributed by atoms with van der Waals surface area (Å²) in [6.45, 7) is 5.58. The summed E-state index contributed by atoms with van der Waals surface area (Å²) in [6.07, 6.45) is 0.884. The number of carbonyl (C=O) groups excluding carboxylic acids is 1. The molecule has 0 aromatic carbocycles. The molecule has 11 heavy (non-hydrogen) atoms. The van der Waals surface area contributed by atoms with E-state index in [-0.39, 0.29) is 5.97 Å². The predicted octanol–water partition coefficient (Wildman–Crippen LogP) is 1.24. The Bertz CT molecular complexity index is 147. The Morgan fingerprint density at radius 3 is 2.82 bits per heavy atom. The molecule has 0 saturated carbocycles. The second kappa shape index (κ2) is 6.43. The van der Waals surface area contributed by atoms with Crippen LogP contribution in [-0.4, -0.2) is 21.4 Å². The molecule has 0 unspecified atom stereocenters. The van der Waals surface area contributed by atoms with E-state index >= 15 is 0 Å². The van der Waals surface area contributed by atoms with Crippen molar-refractivity contribution >= 4 is 25.9 Å². The zero-order valence-corrected chi connectivity index (χ0v) is 8.90. The van der Waals surface area contributed by atoms with Gasteiger partial charge in [0.25, 0.3) is 0 Å². The van der Waals surface area contributed by atoms with Crippen molar-refractivity contribution in [3.05, 3.63) is 12.2 Å². The standard InChI is InChI=1S/C7H13ClO2Si/c1-6(2)7(9)10-4-3-5-11-8/h1,3-5,11H2,2H3. The van der Waals surface area contributed by atoms with E-state index in [4.69, 9.17) is 15.8 Å². The second-order valence-electron chi connectivity index (χ2n) is 2.31. The van der Waals surface area contributed by atoms with Crippen LogP contribution in [0.3, 0.4) is 0 Å². The first kappa shape index (κ1) is 10.7. The molecule has 0 aliphatic heterocycles. The van der Waals surface area contributed by atoms with Gasteiger partial charge in [-0.05, 0) is 19.4 Å². The molecule has 0 N–H and O–H groups in total. The molecule has 0 saturated heterocycles. The van der Waals surface area contributed by atoms with Crippen molar-refractivity contribution in [2.75, 3.05) is 6.61 Å². The largest absolute Gasteiger partial charge is 0.462 e. The minimum atomic E-state index is -0.392. The van der Waals surface area contributed by atoms with E-state index in [9.17, 15) is 4.79 Å². The number of hydrogen-bond acceptors (Lipinski definition) is 2. The van der Waals surface area contributed by atoms with Crippen LogP contribution in [0.5, 0.6) is 0 Å². The van der Waals surface area contributed by atoms with Crippen LogP contribution in [0.15, 0.2) is 12.2 Å². The third kappa shape index (κ3) is 6.13. The van der Waals surface area contributed by atoms with E-state index in [0.29, 0.717) is 12.2 Å². The molecule has 0 heterocycles. The molecule has 0 rings (SSSR count). The van der Waals surface area contributed by atoms with Crippen LogP contribution in [0.4, 0.5) is 0 Å². The molecule has 0 fully saturated rings. The van der Waals surface area contributed by atoms with Crippen LogP contribution in [0.2, 0.25) is 6.04 Å². The van der Waals surface area contributed by atoms with Crippen molar-refractivity contribution in [2.24, 2.45) is 0 Å². The van der Waals surface area contributed by atoms with Gasteiger partial charge in [-0.1, -0.05) is 6.58 Å². The maximum absolute atomic E-state index is 10.8. The van der Waals surface area contributed by atoms with Gasteiger partial charge in [0, 0.05) is 5.57 Å². The Balaban J connectivity index is 3.25. The third-order valence-electron chi connectivity index (χ3n) is 1.11. The van der Waals surface area contributed by atoms with Gasteiger partial charge >= 0.3 is 5.97 Å². The average molecular weight is 193 g/mol. The molecule has 0 spiro atoms. The Labute approximate surface area is 74.1 Å². The summed E-state index contributed by atoms with van der Waals surface area (Å²) in [5.74, 6) is -0.304. The van der Waals surface area contributed by atoms with Gasteiger partial charge in [0.1, 0.15) is 8.83 Å². The fourth-order valence-corrected chi connectivity index (χ4v) is 1.44. The maximum atomic E-state index is 10.8. The lowest BCUT2D eigenvalue weighted by Crippen LogP contribution is -2.06. The number of hydrogen-bond donors (Lipinski definition) is 0. The molecule has 0 atom stereocenters. The number of esters is 1. The van der Waals surface area contributed by atoms with Gasteiger partial charge in [-0.3, -0.25) is 0 Å². The second-order valence-corrected chi connectivity index (χ2v) is 4.53. The summed E-state index contributed by atoms with van der Waals surface area (Å²) < 4.78 is 4.83. The molecule has 0 amide bonds. The number of rotatable bonds is 5. The SMILES string of the molecule is C=C(C)C(=O)OCCC[SiH2]Cl. The lowest BCUT2D eigenvalue weighted by molar-refractivity contribution is -0.138. The minimum Gasteiger partial charge on any atom is -0.462 e. The topological polar surface area (TPSA) is 26.3 Å². The average Bonchev–Trinajstić information content (AvgIpc) is 1.97. The van der Waals surface area contributed by atoms with E-state index in [1.54, 1.807) is 6.92 Å². The quantitative estimate of drug-likeness (QED) is 0.215. The van der Waals surface area contributed by atoms with E-state index in [1.807, 2.05) is 0 Å². The lowest BCUT2D eigenvalue weighted by atomic mass is 10.4. The van der Waals surface area contributed by atoms with Crippen LogP contribution in [0.25, 0.3) is 0 Å². The van der Waals surface area contributed by atoms with Crippen molar-refractivity contribution in [3.63, 3.8) is 0 Å². The van der Waals surface area contributed by atoms with Gasteiger partial charge in [-0.25, -0.2) is 4.79 Å². The molecule has 64 valence electrons. The summed E-state index contributed by atoms with van der Waals surface area (Å²) in [7, 11) is -0.392. The van der Waals surface area contributed by atoms with Crippen LogP contribution >= 0.6 is 11.1 Å². The van der Waals surface area contributed by atoms with E-state index in [2.05, 4.69) is 6.58 Å². The molecule has 0 aliphatic rings. The summed E-state index contributed by atoms with van der Waals surface area (Å²) >= 11 is 5.56. The highest BCUT2D eigenvalue weighted by Gasteiger charge is 2.00. The Morgan fingerprint density at radius 1 is 1.73 bits per heavy atom. The molecule has 0 bridgehead atoms. The minimum absolute atomic E-state index is 0.304. The first-order valence-electron chi connectivity index (χ1n) is 3.57. The maximum Gasteiger partial charge on any atom is 0.333 e. The predicted molar refractivity (Wildman–Crippen MR) is 49.6 cm³/mol. The molecular formula is C7H13ClO2Si. The molecular weight excluding hydrogens is 180 g/mol. The zero-order valence-electron chi connectivity index (χ0n) is 6.73. The van der Waals surface area contributed by atoms with E-state index < -0.39 is 8.83 Å². The Kier molecular flexibility index (Phi) is 6.26. The third-order valence-corrected chi connectivity index (χ3v) is 2.68. The van der Waals surface area contributed by atoms with Crippen molar-refractivity contribution in [3.8, 4) is 0 Å². The van der Waals surface area contributed by atoms with Crippen LogP contribution in [0, 0.1) is 0 Å². The molecule has 4 heteroatoms. The molecule has 0 aromatic rings. The fraction of sp³-hybridized carbons (Fsp3) is 0.571. The van der Waals surface area contributed by atoms with Crippen molar-refractivity contribution in [1.82, 2.24) is 0 Å². The number of carbonyl (C=O) groups is 1. The van der Waals surface area contributed by atoms with Gasteiger partial charge in [0.15, 0.2) is 0 Å². The highest BCUT2D eigenvalue weighted by molar-refractivity contribution is 6.93. The summed E-state index contributed by atoms with van der Waals surface area (Å²) in [5.41, 5.74) is 0.452. The highest BCUT2D eigenvalue weighted by Crippen LogP contribution is 1.96. The lowest BCUT2D eigenvalue weighted by Gasteiger charge is -2.01. The van der Waals surface area contributed by atoms with Crippen LogP contribution in [0.1, 0.15) is 13.3 Å². The Hall–Kier alpha value is -0.283. The molecule has 0 aliphatic carbocycles. The number of halogens is 1. The van der Waals surface area contributed by atoms with Gasteiger partial charge in [0.05, 0.1) is 6.61 Å². The molecule has 0 radical (unpaired) electrons. The first-order valence-corrected chi connectivity index (χ1v) is 6.71. The van der Waals surface area contributed by atoms with E-state index in [0.717, 1.165) is 12.5 Å². The smallest absolute Gasteiger partial charge is 0.333 e. The number of ether oxygens (including phenoxy) is 1. The molecule has 0 aromatic heterocycles. The van der Waals surface area contributed by atoms with Crippen molar-refractivity contribution in [2.45, 2.75) is 19.4 Å². The van der Waals surface area contributed by atoms with Crippen LogP contribution < -0.4 is 0 Å². The highest BCUT2D eigenvalue weighted by atomic mass is 35.6. The van der Waals surface area contributed by atoms with Gasteiger partial charge in [-0.15, -0.1) is 0 Å². The first-order chi connectivity index (χ1) is 5.18. The van der Waals surface area contributed by atoms with Gasteiger partial charge in [-0.2, -0.15) is 11.1 Å². The van der Waals surface area contributed by atoms with Crippen LogP contribution in [-0.2, 0) is 9.53 Å². The summed E-state index contributed by atoms with van der Waals surface area (Å²) in [5, 5.41) is 0. The Morgan fingerprint density at radius 2 is 2.36 bits per heavy atom. The fourth-order valence-electron chi connectivity index (χ4n) is 0.485. The zero-order chi connectivity index (χ0) is 8.69. The summed E-state index contributed by atoms with van der Waals surface area (Å²) in [6, 6.07) is 1.02. The molecule has 2 nitrogen and oxygen atoms in total. The van der Waals surface area contributed by atoms with E-state index in [1.165, 1.54) is 0 Å².